The van der Waals surface area contributed by atoms with Crippen molar-refractivity contribution in [1.29, 1.82) is 0 Å². The normalized spacial score (nSPS) is 22.5. The monoisotopic (exact) mass is 206 g/mol. The first-order valence-corrected chi connectivity index (χ1v) is 5.43. The molecule has 2 nitrogen and oxygen atoms in total. The minimum absolute atomic E-state index is 0.0326. The molecule has 1 aliphatic heterocycles. The number of ether oxygens (including phenoxy) is 1. The number of fused-ring (bicyclic) bond motifs is 1. The molecule has 0 amide bonds. The van der Waals surface area contributed by atoms with Gasteiger partial charge in [-0.1, -0.05) is 38.2 Å². The van der Waals surface area contributed by atoms with Crippen LogP contribution in [0.25, 0.3) is 0 Å². The fraction of sp³-hybridized carbons (Fsp3) is 0.385. The smallest absolute Gasteiger partial charge is 0.140 e. The molecule has 15 heavy (non-hydrogen) atoms. The van der Waals surface area contributed by atoms with Crippen molar-refractivity contribution in [2.24, 2.45) is 0 Å². The Balaban J connectivity index is 0.000000531. The third-order valence-electron chi connectivity index (χ3n) is 2.09. The molecule has 0 aromatic carbocycles. The molecule has 1 aliphatic carbocycles. The van der Waals surface area contributed by atoms with Crippen molar-refractivity contribution in [1.82, 2.24) is 0 Å². The maximum absolute atomic E-state index is 8.91. The van der Waals surface area contributed by atoms with Gasteiger partial charge >= 0.3 is 0 Å². The summed E-state index contributed by atoms with van der Waals surface area (Å²) < 4.78 is 5.52. The summed E-state index contributed by atoms with van der Waals surface area (Å²) in [7, 11) is 0. The van der Waals surface area contributed by atoms with E-state index in [1.807, 2.05) is 38.2 Å². The summed E-state index contributed by atoms with van der Waals surface area (Å²) in [5.74, 6) is 0.857. The van der Waals surface area contributed by atoms with Gasteiger partial charge in [0.05, 0.1) is 6.61 Å². The first-order valence-electron chi connectivity index (χ1n) is 5.43. The van der Waals surface area contributed by atoms with Crippen LogP contribution < -0.4 is 0 Å². The van der Waals surface area contributed by atoms with Crippen LogP contribution in [0.1, 0.15) is 20.3 Å². The molecule has 0 saturated heterocycles. The zero-order valence-corrected chi connectivity index (χ0v) is 9.31. The Labute approximate surface area is 91.3 Å². The lowest BCUT2D eigenvalue weighted by atomic mass is 10.1. The maximum Gasteiger partial charge on any atom is 0.140 e. The standard InChI is InChI=1S/C11H12O2.C2H6/c12-8-10-7-6-9-4-2-1-3-5-11(9)13-10;1-2/h1,3-7,10,12H,2,8H2;1-2H3. The molecule has 0 bridgehead atoms. The number of hydrogen-bond acceptors (Lipinski definition) is 2. The first-order chi connectivity index (χ1) is 7.40. The van der Waals surface area contributed by atoms with E-state index in [0.717, 1.165) is 17.8 Å². The Morgan fingerprint density at radius 2 is 2.27 bits per heavy atom. The highest BCUT2D eigenvalue weighted by Gasteiger charge is 2.15. The average Bonchev–Trinajstić information content (AvgIpc) is 2.55. The molecule has 2 aliphatic rings. The molecular weight excluding hydrogens is 188 g/mol. The zero-order valence-electron chi connectivity index (χ0n) is 9.31. The van der Waals surface area contributed by atoms with Crippen molar-refractivity contribution < 1.29 is 9.84 Å². The molecule has 0 aromatic heterocycles. The first kappa shape index (κ1) is 11.8. The summed E-state index contributed by atoms with van der Waals surface area (Å²) in [6.45, 7) is 4.03. The highest BCUT2D eigenvalue weighted by Crippen LogP contribution is 2.23. The number of aliphatic hydroxyl groups is 1. The van der Waals surface area contributed by atoms with E-state index < -0.39 is 0 Å². The molecule has 0 fully saturated rings. The van der Waals surface area contributed by atoms with Crippen LogP contribution in [0, 0.1) is 0 Å². The Hall–Kier alpha value is -1.28. The molecule has 0 saturated carbocycles. The fourth-order valence-corrected chi connectivity index (χ4v) is 1.39. The predicted molar refractivity (Wildman–Crippen MR) is 62.4 cm³/mol. The van der Waals surface area contributed by atoms with Crippen LogP contribution in [0.4, 0.5) is 0 Å². The largest absolute Gasteiger partial charge is 0.483 e. The van der Waals surface area contributed by atoms with E-state index in [0.29, 0.717) is 0 Å². The van der Waals surface area contributed by atoms with Gasteiger partial charge in [0, 0.05) is 5.57 Å². The van der Waals surface area contributed by atoms with Gasteiger partial charge in [-0.15, -0.1) is 0 Å². The second kappa shape index (κ2) is 6.25. The second-order valence-electron chi connectivity index (χ2n) is 3.05. The van der Waals surface area contributed by atoms with E-state index in [-0.39, 0.29) is 12.7 Å². The maximum atomic E-state index is 8.91. The Bertz CT molecular complexity index is 308. The quantitative estimate of drug-likeness (QED) is 0.714. The Morgan fingerprint density at radius 3 is 3.00 bits per heavy atom. The van der Waals surface area contributed by atoms with Crippen LogP contribution in [0.3, 0.4) is 0 Å². The average molecular weight is 206 g/mol. The molecule has 0 spiro atoms. The van der Waals surface area contributed by atoms with Crippen molar-refractivity contribution in [2.45, 2.75) is 26.4 Å². The molecule has 2 heteroatoms. The van der Waals surface area contributed by atoms with Gasteiger partial charge in [0.2, 0.25) is 0 Å². The van der Waals surface area contributed by atoms with Gasteiger partial charge in [-0.25, -0.2) is 0 Å². The van der Waals surface area contributed by atoms with E-state index in [1.165, 1.54) is 0 Å². The SMILES string of the molecule is CC.OCC1C=CC2=CCC=CC=C2O1. The van der Waals surface area contributed by atoms with Crippen molar-refractivity contribution in [3.05, 3.63) is 47.8 Å². The summed E-state index contributed by atoms with van der Waals surface area (Å²) in [4.78, 5) is 0. The third kappa shape index (κ3) is 3.10. The number of rotatable bonds is 1. The molecule has 1 unspecified atom stereocenters. The van der Waals surface area contributed by atoms with Crippen molar-refractivity contribution in [3.8, 4) is 0 Å². The molecular formula is C13H18O2. The summed E-state index contributed by atoms with van der Waals surface area (Å²) in [6.07, 6.45) is 12.7. The summed E-state index contributed by atoms with van der Waals surface area (Å²) in [5.41, 5.74) is 1.11. The van der Waals surface area contributed by atoms with Crippen LogP contribution in [-0.4, -0.2) is 17.8 Å². The van der Waals surface area contributed by atoms with Crippen LogP contribution in [-0.2, 0) is 4.74 Å². The molecule has 1 N–H and O–H groups in total. The zero-order chi connectivity index (χ0) is 11.1. The van der Waals surface area contributed by atoms with Gasteiger partial charge in [-0.3, -0.25) is 0 Å². The van der Waals surface area contributed by atoms with Gasteiger partial charge in [0.25, 0.3) is 0 Å². The number of aliphatic hydroxyl groups excluding tert-OH is 1. The van der Waals surface area contributed by atoms with E-state index >= 15 is 0 Å². The van der Waals surface area contributed by atoms with Crippen molar-refractivity contribution in [3.63, 3.8) is 0 Å². The van der Waals surface area contributed by atoms with Gasteiger partial charge in [-0.2, -0.15) is 0 Å². The lowest BCUT2D eigenvalue weighted by Gasteiger charge is -2.21. The fourth-order valence-electron chi connectivity index (χ4n) is 1.39. The third-order valence-corrected chi connectivity index (χ3v) is 2.09. The minimum Gasteiger partial charge on any atom is -0.483 e. The summed E-state index contributed by atoms with van der Waals surface area (Å²) in [6, 6.07) is 0. The molecule has 0 radical (unpaired) electrons. The summed E-state index contributed by atoms with van der Waals surface area (Å²) >= 11 is 0. The van der Waals surface area contributed by atoms with Gasteiger partial charge < -0.3 is 9.84 Å². The predicted octanol–water partition coefficient (Wildman–Crippen LogP) is 2.73. The van der Waals surface area contributed by atoms with E-state index in [2.05, 4.69) is 12.2 Å². The van der Waals surface area contributed by atoms with Crippen LogP contribution in [0.5, 0.6) is 0 Å². The summed E-state index contributed by atoms with van der Waals surface area (Å²) in [5, 5.41) is 8.91. The number of hydrogen-bond donors (Lipinski definition) is 1. The molecule has 2 rings (SSSR count). The van der Waals surface area contributed by atoms with E-state index in [1.54, 1.807) is 0 Å². The topological polar surface area (TPSA) is 29.5 Å². The van der Waals surface area contributed by atoms with E-state index in [9.17, 15) is 0 Å². The van der Waals surface area contributed by atoms with Crippen LogP contribution in [0.2, 0.25) is 0 Å². The number of allylic oxidation sites excluding steroid dienone is 5. The van der Waals surface area contributed by atoms with E-state index in [4.69, 9.17) is 9.84 Å². The van der Waals surface area contributed by atoms with Crippen LogP contribution in [0.15, 0.2) is 47.8 Å². The minimum atomic E-state index is -0.185. The Kier molecular flexibility index (Phi) is 4.91. The Morgan fingerprint density at radius 1 is 1.47 bits per heavy atom. The van der Waals surface area contributed by atoms with Crippen molar-refractivity contribution >= 4 is 0 Å². The lowest BCUT2D eigenvalue weighted by Crippen LogP contribution is -2.18. The van der Waals surface area contributed by atoms with Crippen molar-refractivity contribution in [2.75, 3.05) is 6.61 Å². The molecule has 0 aromatic rings. The highest BCUT2D eigenvalue weighted by molar-refractivity contribution is 5.42. The van der Waals surface area contributed by atoms with Crippen LogP contribution >= 0.6 is 0 Å². The van der Waals surface area contributed by atoms with Gasteiger partial charge in [-0.05, 0) is 18.6 Å². The van der Waals surface area contributed by atoms with Gasteiger partial charge in [0.15, 0.2) is 0 Å². The molecule has 1 heterocycles. The molecule has 1 atom stereocenters. The lowest BCUT2D eigenvalue weighted by molar-refractivity contribution is 0.0927. The molecule has 82 valence electrons. The highest BCUT2D eigenvalue weighted by atomic mass is 16.5. The van der Waals surface area contributed by atoms with Gasteiger partial charge in [0.1, 0.15) is 11.9 Å². The second-order valence-corrected chi connectivity index (χ2v) is 3.05.